The third-order valence-electron chi connectivity index (χ3n) is 6.50. The molecule has 0 unspecified atom stereocenters. The summed E-state index contributed by atoms with van der Waals surface area (Å²) in [5.41, 5.74) is 0. The zero-order valence-corrected chi connectivity index (χ0v) is 24.1. The number of unbranched alkanes of at least 4 members (excludes halogenated alkanes) is 17. The summed E-state index contributed by atoms with van der Waals surface area (Å²) in [5.74, 6) is -0.232. The lowest BCUT2D eigenvalue weighted by molar-refractivity contribution is -0.123. The van der Waals surface area contributed by atoms with Crippen molar-refractivity contribution in [2.75, 3.05) is 6.61 Å². The van der Waals surface area contributed by atoms with Crippen molar-refractivity contribution in [1.29, 1.82) is 0 Å². The third kappa shape index (κ3) is 25.0. The predicted molar refractivity (Wildman–Crippen MR) is 149 cm³/mol. The second-order valence-corrected chi connectivity index (χ2v) is 11.3. The van der Waals surface area contributed by atoms with Gasteiger partial charge in [-0.1, -0.05) is 129 Å². The highest BCUT2D eigenvalue weighted by Crippen LogP contribution is 2.35. The van der Waals surface area contributed by atoms with E-state index in [-0.39, 0.29) is 5.91 Å². The van der Waals surface area contributed by atoms with Gasteiger partial charge in [-0.15, -0.1) is 0 Å². The van der Waals surface area contributed by atoms with Crippen molar-refractivity contribution in [3.63, 3.8) is 0 Å². The first-order chi connectivity index (χ1) is 17.3. The normalized spacial score (nSPS) is 13.8. The fourth-order valence-electron chi connectivity index (χ4n) is 4.22. The molecule has 0 saturated carbocycles. The summed E-state index contributed by atoms with van der Waals surface area (Å²) in [5, 5.41) is 13.2. The van der Waals surface area contributed by atoms with E-state index in [1.165, 1.54) is 83.5 Å². The number of carbonyl (C=O) groups excluding carboxylic acids is 1. The number of carbonyl (C=O) groups is 1. The summed E-state index contributed by atoms with van der Waals surface area (Å²) in [6.07, 6.45) is 25.2. The molecule has 0 radical (unpaired) electrons. The standard InChI is InChI=1S/C28H56NO6P/c1-3-5-7-9-11-13-15-17-19-21-23-27(30)26(25-35-36(32,33)34)29-28(31)24-22-20-18-16-14-12-10-8-6-4-2/h21,23,26-27,30H,3-20,22,24-25H2,1-2H3,(H,29,31)(H2,32,33,34)/b23-21+/t26-,27+/m0/s1. The molecule has 1 amide bonds. The first-order valence-electron chi connectivity index (χ1n) is 14.6. The maximum Gasteiger partial charge on any atom is 0.469 e. The number of amides is 1. The predicted octanol–water partition coefficient (Wildman–Crippen LogP) is 7.34. The van der Waals surface area contributed by atoms with E-state index in [9.17, 15) is 14.5 Å². The lowest BCUT2D eigenvalue weighted by Gasteiger charge is -2.22. The molecule has 214 valence electrons. The van der Waals surface area contributed by atoms with Crippen LogP contribution in [0.25, 0.3) is 0 Å². The molecule has 7 nitrogen and oxygen atoms in total. The van der Waals surface area contributed by atoms with Gasteiger partial charge in [0.05, 0.1) is 18.8 Å². The molecule has 0 aromatic rings. The van der Waals surface area contributed by atoms with Crippen molar-refractivity contribution in [2.45, 2.75) is 154 Å². The Hall–Kier alpha value is -0.720. The summed E-state index contributed by atoms with van der Waals surface area (Å²) < 4.78 is 15.7. The first-order valence-corrected chi connectivity index (χ1v) is 16.2. The van der Waals surface area contributed by atoms with E-state index in [4.69, 9.17) is 9.79 Å². The molecule has 0 rings (SSSR count). The molecule has 0 aliphatic carbocycles. The van der Waals surface area contributed by atoms with Crippen LogP contribution >= 0.6 is 7.82 Å². The quantitative estimate of drug-likeness (QED) is 0.0525. The summed E-state index contributed by atoms with van der Waals surface area (Å²) in [6, 6.07) is -0.900. The van der Waals surface area contributed by atoms with Gasteiger partial charge in [-0.25, -0.2) is 4.57 Å². The Balaban J connectivity index is 4.20. The van der Waals surface area contributed by atoms with E-state index in [0.29, 0.717) is 6.42 Å². The summed E-state index contributed by atoms with van der Waals surface area (Å²) >= 11 is 0. The molecule has 4 N–H and O–H groups in total. The molecular formula is C28H56NO6P. The lowest BCUT2D eigenvalue weighted by atomic mass is 10.1. The Morgan fingerprint density at radius 2 is 1.22 bits per heavy atom. The number of nitrogens with one attached hydrogen (secondary N) is 1. The van der Waals surface area contributed by atoms with Gasteiger partial charge in [0, 0.05) is 6.42 Å². The Morgan fingerprint density at radius 3 is 1.69 bits per heavy atom. The van der Waals surface area contributed by atoms with Crippen LogP contribution in [0.15, 0.2) is 12.2 Å². The third-order valence-corrected chi connectivity index (χ3v) is 6.98. The molecule has 0 aromatic heterocycles. The van der Waals surface area contributed by atoms with Gasteiger partial charge in [0.2, 0.25) is 5.91 Å². The van der Waals surface area contributed by atoms with Gasteiger partial charge in [0.15, 0.2) is 0 Å². The smallest absolute Gasteiger partial charge is 0.387 e. The van der Waals surface area contributed by atoms with Crippen molar-refractivity contribution in [3.8, 4) is 0 Å². The molecule has 0 bridgehead atoms. The van der Waals surface area contributed by atoms with Gasteiger partial charge in [0.25, 0.3) is 0 Å². The van der Waals surface area contributed by atoms with Crippen molar-refractivity contribution in [2.24, 2.45) is 0 Å². The minimum Gasteiger partial charge on any atom is -0.387 e. The topological polar surface area (TPSA) is 116 Å². The molecule has 0 aliphatic heterocycles. The largest absolute Gasteiger partial charge is 0.469 e. The van der Waals surface area contributed by atoms with Crippen molar-refractivity contribution >= 4 is 13.7 Å². The number of aliphatic hydroxyl groups is 1. The van der Waals surface area contributed by atoms with Crippen molar-refractivity contribution < 1.29 is 28.8 Å². The zero-order valence-electron chi connectivity index (χ0n) is 23.2. The average Bonchev–Trinajstić information content (AvgIpc) is 2.83. The zero-order chi connectivity index (χ0) is 26.9. The van der Waals surface area contributed by atoms with E-state index in [2.05, 4.69) is 23.7 Å². The highest BCUT2D eigenvalue weighted by molar-refractivity contribution is 7.46. The van der Waals surface area contributed by atoms with E-state index in [1.54, 1.807) is 6.08 Å². The van der Waals surface area contributed by atoms with Gasteiger partial charge >= 0.3 is 7.82 Å². The van der Waals surface area contributed by atoms with Crippen LogP contribution in [0.5, 0.6) is 0 Å². The molecule has 0 spiro atoms. The van der Waals surface area contributed by atoms with Gasteiger partial charge in [-0.2, -0.15) is 0 Å². The maximum atomic E-state index is 12.4. The number of hydrogen-bond acceptors (Lipinski definition) is 4. The van der Waals surface area contributed by atoms with Crippen LogP contribution in [0.4, 0.5) is 0 Å². The van der Waals surface area contributed by atoms with Crippen LogP contribution in [0.2, 0.25) is 0 Å². The summed E-state index contributed by atoms with van der Waals surface area (Å²) in [7, 11) is -4.69. The molecule has 8 heteroatoms. The highest BCUT2D eigenvalue weighted by atomic mass is 31.2. The van der Waals surface area contributed by atoms with Crippen molar-refractivity contribution in [3.05, 3.63) is 12.2 Å². The Morgan fingerprint density at radius 1 is 0.778 bits per heavy atom. The Bertz CT molecular complexity index is 580. The monoisotopic (exact) mass is 533 g/mol. The number of allylic oxidation sites excluding steroid dienone is 1. The second-order valence-electron chi connectivity index (χ2n) is 10.1. The number of rotatable bonds is 26. The van der Waals surface area contributed by atoms with E-state index >= 15 is 0 Å². The van der Waals surface area contributed by atoms with Crippen LogP contribution in [-0.4, -0.2) is 39.6 Å². The molecule has 0 aliphatic rings. The second kappa shape index (κ2) is 24.6. The highest BCUT2D eigenvalue weighted by Gasteiger charge is 2.24. The van der Waals surface area contributed by atoms with Crippen LogP contribution in [0.1, 0.15) is 142 Å². The molecule has 36 heavy (non-hydrogen) atoms. The molecule has 0 saturated heterocycles. The van der Waals surface area contributed by atoms with Gasteiger partial charge in [-0.05, 0) is 19.3 Å². The SMILES string of the molecule is CCCCCCCCCC/C=C/[C@@H](O)[C@H](COP(=O)(O)O)NC(=O)CCCCCCCCCCCC. The van der Waals surface area contributed by atoms with E-state index in [0.717, 1.165) is 38.5 Å². The van der Waals surface area contributed by atoms with Crippen molar-refractivity contribution in [1.82, 2.24) is 5.32 Å². The van der Waals surface area contributed by atoms with Gasteiger partial charge in [-0.3, -0.25) is 9.32 Å². The Kier molecular flexibility index (Phi) is 24.1. The molecule has 0 aromatic carbocycles. The fourth-order valence-corrected chi connectivity index (χ4v) is 4.58. The summed E-state index contributed by atoms with van der Waals surface area (Å²) in [6.45, 7) is 3.99. The van der Waals surface area contributed by atoms with Crippen LogP contribution in [0.3, 0.4) is 0 Å². The molecule has 2 atom stereocenters. The minimum absolute atomic E-state index is 0.232. The molecule has 0 heterocycles. The van der Waals surface area contributed by atoms with Crippen LogP contribution < -0.4 is 5.32 Å². The number of aliphatic hydroxyl groups excluding tert-OH is 1. The van der Waals surface area contributed by atoms with Gasteiger partial charge in [0.1, 0.15) is 0 Å². The molecular weight excluding hydrogens is 477 g/mol. The number of phosphoric acid groups is 1. The van der Waals surface area contributed by atoms with E-state index in [1.807, 2.05) is 6.08 Å². The number of phosphoric ester groups is 1. The van der Waals surface area contributed by atoms with Crippen LogP contribution in [-0.2, 0) is 13.9 Å². The van der Waals surface area contributed by atoms with E-state index < -0.39 is 26.6 Å². The molecule has 0 fully saturated rings. The maximum absolute atomic E-state index is 12.4. The Labute approximate surface area is 221 Å². The average molecular weight is 534 g/mol. The summed E-state index contributed by atoms with van der Waals surface area (Å²) in [4.78, 5) is 30.4. The van der Waals surface area contributed by atoms with Gasteiger partial charge < -0.3 is 20.2 Å². The lowest BCUT2D eigenvalue weighted by Crippen LogP contribution is -2.45. The fraction of sp³-hybridized carbons (Fsp3) is 0.893. The van der Waals surface area contributed by atoms with Crippen LogP contribution in [0, 0.1) is 0 Å². The first kappa shape index (κ1) is 35.3. The number of hydrogen-bond donors (Lipinski definition) is 4. The minimum atomic E-state index is -4.69.